The normalized spacial score (nSPS) is 11.2. The molecule has 0 aliphatic heterocycles. The monoisotopic (exact) mass is 371 g/mol. The molecule has 2 aromatic carbocycles. The van der Waals surface area contributed by atoms with E-state index in [0.717, 1.165) is 6.07 Å². The summed E-state index contributed by atoms with van der Waals surface area (Å²) < 4.78 is 45.1. The van der Waals surface area contributed by atoms with Gasteiger partial charge in [-0.3, -0.25) is 4.72 Å². The van der Waals surface area contributed by atoms with Crippen molar-refractivity contribution in [1.29, 1.82) is 0 Å². The minimum absolute atomic E-state index is 0.0592. The molecule has 1 N–H and O–H groups in total. The number of benzene rings is 2. The zero-order valence-corrected chi connectivity index (χ0v) is 14.5. The number of hydrogen-bond donors (Lipinski definition) is 1. The molecule has 0 radical (unpaired) electrons. The van der Waals surface area contributed by atoms with Crippen LogP contribution in [0, 0.1) is 12.7 Å². The zero-order chi connectivity index (χ0) is 17.9. The molecule has 0 fully saturated rings. The first-order valence-corrected chi connectivity index (χ1v) is 8.86. The first-order chi connectivity index (χ1) is 11.2. The number of halogens is 2. The first-order valence-electron chi connectivity index (χ1n) is 7.00. The Labute approximate surface area is 144 Å². The molecule has 5 nitrogen and oxygen atoms in total. The quantitative estimate of drug-likeness (QED) is 0.812. The average Bonchev–Trinajstić information content (AvgIpc) is 2.49. The van der Waals surface area contributed by atoms with Gasteiger partial charge in [0, 0.05) is 0 Å². The number of ether oxygens (including phenoxy) is 1. The molecule has 2 aromatic rings. The van der Waals surface area contributed by atoms with Gasteiger partial charge < -0.3 is 4.74 Å². The zero-order valence-electron chi connectivity index (χ0n) is 13.0. The number of sulfonamides is 1. The van der Waals surface area contributed by atoms with Gasteiger partial charge >= 0.3 is 5.97 Å². The van der Waals surface area contributed by atoms with Crippen molar-refractivity contribution in [2.45, 2.75) is 18.7 Å². The summed E-state index contributed by atoms with van der Waals surface area (Å²) in [6.45, 7) is 3.34. The summed E-state index contributed by atoms with van der Waals surface area (Å²) in [5, 5.41) is 0.0592. The number of anilines is 1. The molecule has 24 heavy (non-hydrogen) atoms. The van der Waals surface area contributed by atoms with Gasteiger partial charge in [-0.2, -0.15) is 0 Å². The van der Waals surface area contributed by atoms with E-state index >= 15 is 0 Å². The van der Waals surface area contributed by atoms with Gasteiger partial charge in [-0.05, 0) is 55.8 Å². The molecule has 0 spiro atoms. The topological polar surface area (TPSA) is 72.5 Å². The van der Waals surface area contributed by atoms with E-state index in [1.807, 2.05) is 0 Å². The molecule has 0 aromatic heterocycles. The van der Waals surface area contributed by atoms with E-state index in [4.69, 9.17) is 16.3 Å². The largest absolute Gasteiger partial charge is 0.462 e. The van der Waals surface area contributed by atoms with E-state index in [0.29, 0.717) is 0 Å². The van der Waals surface area contributed by atoms with Crippen LogP contribution in [-0.4, -0.2) is 21.0 Å². The van der Waals surface area contributed by atoms with Crippen molar-refractivity contribution < 1.29 is 22.3 Å². The number of aryl methyl sites for hydroxylation is 1. The Morgan fingerprint density at radius 2 is 1.96 bits per heavy atom. The van der Waals surface area contributed by atoms with Crippen LogP contribution in [0.3, 0.4) is 0 Å². The average molecular weight is 372 g/mol. The third-order valence-electron chi connectivity index (χ3n) is 3.16. The van der Waals surface area contributed by atoms with Crippen molar-refractivity contribution in [2.75, 3.05) is 11.3 Å². The molecule has 0 saturated carbocycles. The molecular weight excluding hydrogens is 357 g/mol. The molecule has 0 unspecified atom stereocenters. The van der Waals surface area contributed by atoms with E-state index in [1.165, 1.54) is 37.3 Å². The van der Waals surface area contributed by atoms with Crippen LogP contribution < -0.4 is 4.72 Å². The molecule has 8 heteroatoms. The van der Waals surface area contributed by atoms with Crippen molar-refractivity contribution >= 4 is 33.3 Å². The number of hydrogen-bond acceptors (Lipinski definition) is 4. The second-order valence-corrected chi connectivity index (χ2v) is 7.02. The lowest BCUT2D eigenvalue weighted by atomic mass is 10.2. The molecule has 0 saturated heterocycles. The summed E-state index contributed by atoms with van der Waals surface area (Å²) in [6, 6.07) is 7.55. The van der Waals surface area contributed by atoms with Gasteiger partial charge in [0.1, 0.15) is 5.82 Å². The lowest BCUT2D eigenvalue weighted by Crippen LogP contribution is -2.14. The van der Waals surface area contributed by atoms with Crippen LogP contribution in [0.5, 0.6) is 0 Å². The second kappa shape index (κ2) is 7.19. The fourth-order valence-corrected chi connectivity index (χ4v) is 3.34. The third-order valence-corrected chi connectivity index (χ3v) is 4.85. The van der Waals surface area contributed by atoms with Crippen LogP contribution in [-0.2, 0) is 14.8 Å². The van der Waals surface area contributed by atoms with Crippen molar-refractivity contribution in [2.24, 2.45) is 0 Å². The fraction of sp³-hybridized carbons (Fsp3) is 0.188. The maximum atomic E-state index is 13.3. The van der Waals surface area contributed by atoms with Crippen LogP contribution in [0.25, 0.3) is 0 Å². The van der Waals surface area contributed by atoms with Crippen molar-refractivity contribution in [3.8, 4) is 0 Å². The molecule has 128 valence electrons. The minimum atomic E-state index is -3.90. The van der Waals surface area contributed by atoms with Crippen LogP contribution >= 0.6 is 11.6 Å². The number of rotatable bonds is 5. The number of nitrogens with one attached hydrogen (secondary N) is 1. The van der Waals surface area contributed by atoms with Gasteiger partial charge in [0.25, 0.3) is 10.0 Å². The second-order valence-electron chi connectivity index (χ2n) is 4.93. The Morgan fingerprint density at radius 1 is 1.25 bits per heavy atom. The highest BCUT2D eigenvalue weighted by molar-refractivity contribution is 7.92. The lowest BCUT2D eigenvalue weighted by molar-refractivity contribution is 0.0526. The molecule has 0 atom stereocenters. The highest BCUT2D eigenvalue weighted by Gasteiger charge is 2.17. The maximum Gasteiger partial charge on any atom is 0.339 e. The summed E-state index contributed by atoms with van der Waals surface area (Å²) in [4.78, 5) is 11.6. The van der Waals surface area contributed by atoms with E-state index < -0.39 is 21.8 Å². The number of carbonyl (C=O) groups excluding carboxylic acids is 1. The van der Waals surface area contributed by atoms with Gasteiger partial charge in [0.05, 0.1) is 27.8 Å². The van der Waals surface area contributed by atoms with Gasteiger partial charge in [-0.15, -0.1) is 0 Å². The van der Waals surface area contributed by atoms with Crippen LogP contribution in [0.1, 0.15) is 22.8 Å². The predicted octanol–water partition coefficient (Wildman–Crippen LogP) is 3.77. The highest BCUT2D eigenvalue weighted by Crippen LogP contribution is 2.24. The standard InChI is InChI=1S/C16H15ClFNO4S/c1-3-23-16(20)13-6-4-11(9-14(13)17)19-24(21,22)12-5-7-15(18)10(2)8-12/h4-9,19H,3H2,1-2H3. The van der Waals surface area contributed by atoms with Crippen LogP contribution in [0.15, 0.2) is 41.3 Å². The van der Waals surface area contributed by atoms with Gasteiger partial charge in [0.15, 0.2) is 0 Å². The Bertz CT molecular complexity index is 884. The van der Waals surface area contributed by atoms with Gasteiger partial charge in [-0.25, -0.2) is 17.6 Å². The Hall–Kier alpha value is -2.12. The van der Waals surface area contributed by atoms with Crippen LogP contribution in [0.4, 0.5) is 10.1 Å². The predicted molar refractivity (Wildman–Crippen MR) is 89.4 cm³/mol. The van der Waals surface area contributed by atoms with E-state index in [1.54, 1.807) is 6.92 Å². The Balaban J connectivity index is 2.28. The highest BCUT2D eigenvalue weighted by atomic mass is 35.5. The van der Waals surface area contributed by atoms with Crippen molar-refractivity contribution in [1.82, 2.24) is 0 Å². The van der Waals surface area contributed by atoms with E-state index in [9.17, 15) is 17.6 Å². The third kappa shape index (κ3) is 4.04. The fourth-order valence-electron chi connectivity index (χ4n) is 1.95. The van der Waals surface area contributed by atoms with Crippen molar-refractivity contribution in [3.05, 3.63) is 58.4 Å². The molecule has 0 aliphatic rings. The summed E-state index contributed by atoms with van der Waals surface area (Å²) in [5.74, 6) is -1.08. The Kier molecular flexibility index (Phi) is 5.46. The van der Waals surface area contributed by atoms with Crippen molar-refractivity contribution in [3.63, 3.8) is 0 Å². The van der Waals surface area contributed by atoms with E-state index in [-0.39, 0.29) is 33.3 Å². The summed E-state index contributed by atoms with van der Waals surface area (Å²) in [6.07, 6.45) is 0. The minimum Gasteiger partial charge on any atom is -0.462 e. The molecule has 0 heterocycles. The van der Waals surface area contributed by atoms with Gasteiger partial charge in [-0.1, -0.05) is 11.6 Å². The number of carbonyl (C=O) groups is 1. The first kappa shape index (κ1) is 18.2. The molecule has 0 amide bonds. The maximum absolute atomic E-state index is 13.3. The molecular formula is C16H15ClFNO4S. The smallest absolute Gasteiger partial charge is 0.339 e. The summed E-state index contributed by atoms with van der Waals surface area (Å²) in [7, 11) is -3.90. The number of esters is 1. The summed E-state index contributed by atoms with van der Waals surface area (Å²) in [5.41, 5.74) is 0.530. The molecule has 0 aliphatic carbocycles. The molecule has 2 rings (SSSR count). The van der Waals surface area contributed by atoms with E-state index in [2.05, 4.69) is 4.72 Å². The lowest BCUT2D eigenvalue weighted by Gasteiger charge is -2.11. The summed E-state index contributed by atoms with van der Waals surface area (Å²) >= 11 is 6.00. The van der Waals surface area contributed by atoms with Crippen LogP contribution in [0.2, 0.25) is 5.02 Å². The molecule has 0 bridgehead atoms. The Morgan fingerprint density at radius 3 is 2.54 bits per heavy atom. The van der Waals surface area contributed by atoms with Gasteiger partial charge in [0.2, 0.25) is 0 Å². The SMILES string of the molecule is CCOC(=O)c1ccc(NS(=O)(=O)c2ccc(F)c(C)c2)cc1Cl.